The number of amides is 2. The van der Waals surface area contributed by atoms with Gasteiger partial charge in [-0.15, -0.1) is 11.8 Å². The van der Waals surface area contributed by atoms with Crippen LogP contribution in [-0.2, 0) is 21.0 Å². The quantitative estimate of drug-likeness (QED) is 0.444. The Morgan fingerprint density at radius 1 is 0.871 bits per heavy atom. The van der Waals surface area contributed by atoms with E-state index in [-0.39, 0.29) is 17.6 Å². The van der Waals surface area contributed by atoms with Crippen LogP contribution in [0.25, 0.3) is 0 Å². The second-order valence-corrected chi connectivity index (χ2v) is 9.65. The van der Waals surface area contributed by atoms with Crippen molar-refractivity contribution in [3.63, 3.8) is 0 Å². The maximum absolute atomic E-state index is 14.0. The lowest BCUT2D eigenvalue weighted by atomic mass is 10.0. The lowest BCUT2D eigenvalue weighted by Crippen LogP contribution is -2.49. The molecule has 0 unspecified atom stereocenters. The van der Waals surface area contributed by atoms with E-state index >= 15 is 0 Å². The molecule has 0 saturated carbocycles. The van der Waals surface area contributed by atoms with Gasteiger partial charge in [-0.1, -0.05) is 71.2 Å². The zero-order valence-electron chi connectivity index (χ0n) is 16.0. The molecule has 1 atom stereocenters. The number of rotatable bonds is 3. The summed E-state index contributed by atoms with van der Waals surface area (Å²) in [4.78, 5) is 29.1. The average molecular weight is 490 g/mol. The van der Waals surface area contributed by atoms with Gasteiger partial charge in [-0.3, -0.25) is 14.5 Å². The molecule has 0 aliphatic carbocycles. The van der Waals surface area contributed by atoms with Crippen LogP contribution in [0, 0.1) is 0 Å². The number of thioether (sulfide) groups is 1. The van der Waals surface area contributed by atoms with Gasteiger partial charge in [0.05, 0.1) is 28.0 Å². The summed E-state index contributed by atoms with van der Waals surface area (Å²) in [6.45, 7) is 0.307. The van der Waals surface area contributed by atoms with E-state index in [2.05, 4.69) is 0 Å². The summed E-state index contributed by atoms with van der Waals surface area (Å²) < 4.78 is 0. The number of hydrogen-bond acceptors (Lipinski definition) is 3. The topological polar surface area (TPSA) is 40.6 Å². The van der Waals surface area contributed by atoms with Gasteiger partial charge in [0.1, 0.15) is 0 Å². The Kier molecular flexibility index (Phi) is 5.18. The van der Waals surface area contributed by atoms with Crippen LogP contribution >= 0.6 is 46.6 Å². The number of anilines is 2. The van der Waals surface area contributed by atoms with Crippen molar-refractivity contribution in [3.05, 3.63) is 92.9 Å². The fourth-order valence-corrected chi connectivity index (χ4v) is 5.98. The molecule has 5 rings (SSSR count). The molecule has 2 aliphatic heterocycles. The minimum atomic E-state index is -1.20. The van der Waals surface area contributed by atoms with E-state index in [4.69, 9.17) is 34.8 Å². The van der Waals surface area contributed by atoms with Crippen LogP contribution in [0.4, 0.5) is 11.4 Å². The van der Waals surface area contributed by atoms with Crippen LogP contribution in [0.15, 0.2) is 66.7 Å². The zero-order valence-corrected chi connectivity index (χ0v) is 19.1. The number of nitrogens with zero attached hydrogens (tertiary/aromatic N) is 2. The summed E-state index contributed by atoms with van der Waals surface area (Å²) in [6, 6.07) is 20.0. The fourth-order valence-electron chi connectivity index (χ4n) is 4.13. The van der Waals surface area contributed by atoms with Crippen molar-refractivity contribution in [1.29, 1.82) is 0 Å². The predicted octanol–water partition coefficient (Wildman–Crippen LogP) is 6.13. The van der Waals surface area contributed by atoms with Crippen molar-refractivity contribution in [1.82, 2.24) is 0 Å². The van der Waals surface area contributed by atoms with Gasteiger partial charge in [0.2, 0.25) is 10.8 Å². The first-order valence-electron chi connectivity index (χ1n) is 9.50. The summed E-state index contributed by atoms with van der Waals surface area (Å²) in [7, 11) is 0. The molecule has 2 aliphatic rings. The van der Waals surface area contributed by atoms with Gasteiger partial charge in [0, 0.05) is 16.3 Å². The van der Waals surface area contributed by atoms with E-state index in [1.165, 1.54) is 11.8 Å². The van der Waals surface area contributed by atoms with Gasteiger partial charge >= 0.3 is 0 Å². The first-order chi connectivity index (χ1) is 14.9. The predicted molar refractivity (Wildman–Crippen MR) is 127 cm³/mol. The second kappa shape index (κ2) is 7.75. The van der Waals surface area contributed by atoms with E-state index in [9.17, 15) is 9.59 Å². The van der Waals surface area contributed by atoms with Crippen LogP contribution in [0.2, 0.25) is 15.1 Å². The Balaban J connectivity index is 1.66. The largest absolute Gasteiger partial charge is 0.304 e. The van der Waals surface area contributed by atoms with Crippen LogP contribution < -0.4 is 9.80 Å². The molecule has 4 nitrogen and oxygen atoms in total. The third-order valence-electron chi connectivity index (χ3n) is 5.51. The number of para-hydroxylation sites is 1. The van der Waals surface area contributed by atoms with Crippen LogP contribution in [0.1, 0.15) is 11.1 Å². The van der Waals surface area contributed by atoms with Crippen LogP contribution in [0.3, 0.4) is 0 Å². The molecule has 0 aromatic heterocycles. The number of benzene rings is 3. The summed E-state index contributed by atoms with van der Waals surface area (Å²) in [5, 5.41) is 1.30. The summed E-state index contributed by atoms with van der Waals surface area (Å²) >= 11 is 20.0. The summed E-state index contributed by atoms with van der Waals surface area (Å²) in [6.07, 6.45) is 0. The van der Waals surface area contributed by atoms with Gasteiger partial charge in [0.25, 0.3) is 5.91 Å². The number of carbonyl (C=O) groups is 2. The number of halogens is 3. The normalized spacial score (nSPS) is 20.1. The maximum Gasteiger partial charge on any atom is 0.269 e. The van der Waals surface area contributed by atoms with E-state index in [0.29, 0.717) is 27.3 Å². The molecule has 2 amide bonds. The molecule has 1 fully saturated rings. The molecule has 0 N–H and O–H groups in total. The lowest BCUT2D eigenvalue weighted by molar-refractivity contribution is -0.123. The van der Waals surface area contributed by atoms with Gasteiger partial charge in [-0.05, 0) is 35.9 Å². The van der Waals surface area contributed by atoms with Crippen molar-refractivity contribution >= 4 is 69.8 Å². The van der Waals surface area contributed by atoms with Crippen molar-refractivity contribution < 1.29 is 9.59 Å². The van der Waals surface area contributed by atoms with Gasteiger partial charge in [-0.2, -0.15) is 0 Å². The molecule has 1 spiro atoms. The van der Waals surface area contributed by atoms with Crippen LogP contribution in [0.5, 0.6) is 0 Å². The number of carbonyl (C=O) groups excluding carboxylic acids is 2. The molecular formula is C23H15Cl3N2O2S. The van der Waals surface area contributed by atoms with E-state index in [1.54, 1.807) is 34.1 Å². The highest BCUT2D eigenvalue weighted by Gasteiger charge is 2.61. The third-order valence-corrected chi connectivity index (χ3v) is 8.01. The second-order valence-electron chi connectivity index (χ2n) is 7.26. The van der Waals surface area contributed by atoms with Crippen molar-refractivity contribution in [2.24, 2.45) is 0 Å². The highest BCUT2D eigenvalue weighted by Crippen LogP contribution is 2.56. The lowest BCUT2D eigenvalue weighted by Gasteiger charge is -2.33. The van der Waals surface area contributed by atoms with E-state index in [0.717, 1.165) is 16.8 Å². The molecule has 8 heteroatoms. The fraction of sp³-hybridized carbons (Fsp3) is 0.130. The minimum absolute atomic E-state index is 0.161. The van der Waals surface area contributed by atoms with Crippen molar-refractivity contribution in [2.75, 3.05) is 15.6 Å². The monoisotopic (exact) mass is 488 g/mol. The molecule has 1 saturated heterocycles. The van der Waals surface area contributed by atoms with Gasteiger partial charge in [-0.25, -0.2) is 0 Å². The Morgan fingerprint density at radius 3 is 2.39 bits per heavy atom. The van der Waals surface area contributed by atoms with Crippen LogP contribution in [-0.4, -0.2) is 17.6 Å². The summed E-state index contributed by atoms with van der Waals surface area (Å²) in [5.74, 6) is -0.165. The summed E-state index contributed by atoms with van der Waals surface area (Å²) in [5.41, 5.74) is 2.90. The SMILES string of the molecule is O=C1CS[C@]2(C(=O)N(Cc3ccccc3Cl)c3ccccc32)N1c1ccc(Cl)c(Cl)c1. The van der Waals surface area contributed by atoms with E-state index < -0.39 is 4.87 Å². The van der Waals surface area contributed by atoms with Gasteiger partial charge in [0.15, 0.2) is 0 Å². The number of hydrogen-bond donors (Lipinski definition) is 0. The molecule has 3 aromatic rings. The molecule has 3 aromatic carbocycles. The Bertz CT molecular complexity index is 1230. The average Bonchev–Trinajstić information content (AvgIpc) is 3.23. The van der Waals surface area contributed by atoms with E-state index in [1.807, 2.05) is 42.5 Å². The minimum Gasteiger partial charge on any atom is -0.304 e. The first kappa shape index (κ1) is 20.7. The molecular weight excluding hydrogens is 475 g/mol. The standard InChI is InChI=1S/C23H15Cl3N2O2S/c24-17-7-3-1-5-14(17)12-27-20-8-4-2-6-16(20)23(22(27)30)28(21(29)13-31-23)15-9-10-18(25)19(26)11-15/h1-11H,12-13H2/t23-/m1/s1. The van der Waals surface area contributed by atoms with Crippen molar-refractivity contribution in [2.45, 2.75) is 11.4 Å². The highest BCUT2D eigenvalue weighted by atomic mass is 35.5. The molecule has 31 heavy (non-hydrogen) atoms. The van der Waals surface area contributed by atoms with Gasteiger partial charge < -0.3 is 4.90 Å². The Morgan fingerprint density at radius 2 is 1.61 bits per heavy atom. The molecule has 0 radical (unpaired) electrons. The number of fused-ring (bicyclic) bond motifs is 2. The molecule has 2 heterocycles. The third kappa shape index (κ3) is 3.14. The highest BCUT2D eigenvalue weighted by molar-refractivity contribution is 8.02. The first-order valence-corrected chi connectivity index (χ1v) is 11.6. The van der Waals surface area contributed by atoms with Crippen molar-refractivity contribution in [3.8, 4) is 0 Å². The Hall–Kier alpha value is -2.18. The maximum atomic E-state index is 14.0. The molecule has 0 bridgehead atoms. The molecule has 156 valence electrons. The zero-order chi connectivity index (χ0) is 21.8. The smallest absolute Gasteiger partial charge is 0.269 e. The Labute approximate surface area is 198 Å².